The van der Waals surface area contributed by atoms with Crippen LogP contribution in [0.3, 0.4) is 0 Å². The first-order chi connectivity index (χ1) is 9.13. The second-order valence-corrected chi connectivity index (χ2v) is 4.61. The number of fused-ring (bicyclic) bond motifs is 1. The highest BCUT2D eigenvalue weighted by atomic mass is 19.1. The first kappa shape index (κ1) is 12.1. The third-order valence-electron chi connectivity index (χ3n) is 3.27. The van der Waals surface area contributed by atoms with Crippen molar-refractivity contribution in [3.8, 4) is 5.75 Å². The van der Waals surface area contributed by atoms with Crippen molar-refractivity contribution in [2.45, 2.75) is 18.6 Å². The van der Waals surface area contributed by atoms with Gasteiger partial charge in [0.15, 0.2) is 0 Å². The molecule has 19 heavy (non-hydrogen) atoms. The average molecular weight is 262 g/mol. The van der Waals surface area contributed by atoms with Crippen LogP contribution in [0, 0.1) is 11.6 Å². The van der Waals surface area contributed by atoms with Crippen LogP contribution in [0.25, 0.3) is 0 Å². The second kappa shape index (κ2) is 4.63. The molecule has 0 heterocycles. The molecule has 1 N–H and O–H groups in total. The van der Waals surface area contributed by atoms with Gasteiger partial charge >= 0.3 is 0 Å². The SMILES string of the molecule is OC1c2ccccc2CC1Oc1cc(F)cc(F)c1. The lowest BCUT2D eigenvalue weighted by Crippen LogP contribution is -2.21. The van der Waals surface area contributed by atoms with E-state index in [1.165, 1.54) is 0 Å². The largest absolute Gasteiger partial charge is 0.487 e. The van der Waals surface area contributed by atoms with Crippen molar-refractivity contribution in [3.05, 3.63) is 65.2 Å². The predicted octanol–water partition coefficient (Wildman–Crippen LogP) is 3.00. The number of hydrogen-bond donors (Lipinski definition) is 1. The zero-order chi connectivity index (χ0) is 13.4. The number of rotatable bonds is 2. The van der Waals surface area contributed by atoms with E-state index in [0.717, 1.165) is 29.3 Å². The van der Waals surface area contributed by atoms with Gasteiger partial charge in [0.2, 0.25) is 0 Å². The molecule has 0 aliphatic heterocycles. The minimum atomic E-state index is -0.775. The van der Waals surface area contributed by atoms with Crippen molar-refractivity contribution in [2.24, 2.45) is 0 Å². The Hall–Kier alpha value is -1.94. The summed E-state index contributed by atoms with van der Waals surface area (Å²) in [5.41, 5.74) is 1.81. The van der Waals surface area contributed by atoms with E-state index in [4.69, 9.17) is 4.74 Å². The monoisotopic (exact) mass is 262 g/mol. The zero-order valence-electron chi connectivity index (χ0n) is 10.0. The minimum absolute atomic E-state index is 0.0920. The summed E-state index contributed by atoms with van der Waals surface area (Å²) in [5.74, 6) is -1.30. The van der Waals surface area contributed by atoms with E-state index in [9.17, 15) is 13.9 Å². The first-order valence-electron chi connectivity index (χ1n) is 6.02. The second-order valence-electron chi connectivity index (χ2n) is 4.61. The Labute approximate surface area is 109 Å². The van der Waals surface area contributed by atoms with Crippen molar-refractivity contribution in [3.63, 3.8) is 0 Å². The Kier molecular flexibility index (Phi) is 2.95. The quantitative estimate of drug-likeness (QED) is 0.901. The number of aliphatic hydroxyl groups is 1. The van der Waals surface area contributed by atoms with Gasteiger partial charge in [0.05, 0.1) is 0 Å². The molecule has 2 atom stereocenters. The molecule has 0 bridgehead atoms. The molecule has 0 saturated heterocycles. The molecule has 0 fully saturated rings. The molecule has 2 unspecified atom stereocenters. The van der Waals surface area contributed by atoms with Gasteiger partial charge < -0.3 is 9.84 Å². The molecule has 4 heteroatoms. The Morgan fingerprint density at radius 2 is 1.74 bits per heavy atom. The third-order valence-corrected chi connectivity index (χ3v) is 3.27. The number of hydrogen-bond acceptors (Lipinski definition) is 2. The molecule has 0 radical (unpaired) electrons. The van der Waals surface area contributed by atoms with Gasteiger partial charge in [-0.25, -0.2) is 8.78 Å². The van der Waals surface area contributed by atoms with Crippen LogP contribution in [0.1, 0.15) is 17.2 Å². The van der Waals surface area contributed by atoms with Crippen LogP contribution < -0.4 is 4.74 Å². The van der Waals surface area contributed by atoms with Crippen LogP contribution in [0.15, 0.2) is 42.5 Å². The fraction of sp³-hybridized carbons (Fsp3) is 0.200. The smallest absolute Gasteiger partial charge is 0.133 e. The highest BCUT2D eigenvalue weighted by Crippen LogP contribution is 2.34. The molecule has 1 aliphatic carbocycles. The molecule has 2 aromatic rings. The fourth-order valence-corrected chi connectivity index (χ4v) is 2.41. The first-order valence-corrected chi connectivity index (χ1v) is 6.02. The molecular formula is C15H12F2O2. The van der Waals surface area contributed by atoms with Gasteiger partial charge in [0.1, 0.15) is 29.6 Å². The molecule has 0 amide bonds. The Bertz CT molecular complexity index is 593. The van der Waals surface area contributed by atoms with Gasteiger partial charge in [0.25, 0.3) is 0 Å². The summed E-state index contributed by atoms with van der Waals surface area (Å²) >= 11 is 0. The predicted molar refractivity (Wildman–Crippen MR) is 65.9 cm³/mol. The van der Waals surface area contributed by atoms with Crippen LogP contribution in [-0.2, 0) is 6.42 Å². The number of ether oxygens (including phenoxy) is 1. The molecule has 1 aliphatic rings. The lowest BCUT2D eigenvalue weighted by atomic mass is 10.1. The molecule has 2 aromatic carbocycles. The van der Waals surface area contributed by atoms with Crippen molar-refractivity contribution >= 4 is 0 Å². The van der Waals surface area contributed by atoms with Crippen LogP contribution >= 0.6 is 0 Å². The lowest BCUT2D eigenvalue weighted by molar-refractivity contribution is 0.0490. The van der Waals surface area contributed by atoms with Crippen molar-refractivity contribution in [1.29, 1.82) is 0 Å². The van der Waals surface area contributed by atoms with Crippen molar-refractivity contribution in [1.82, 2.24) is 0 Å². The van der Waals surface area contributed by atoms with E-state index in [1.807, 2.05) is 24.3 Å². The Morgan fingerprint density at radius 1 is 1.05 bits per heavy atom. The molecule has 2 nitrogen and oxygen atoms in total. The summed E-state index contributed by atoms with van der Waals surface area (Å²) in [5, 5.41) is 10.1. The molecular weight excluding hydrogens is 250 g/mol. The molecule has 98 valence electrons. The van der Waals surface area contributed by atoms with E-state index in [1.54, 1.807) is 0 Å². The maximum atomic E-state index is 13.1. The standard InChI is InChI=1S/C15H12F2O2/c16-10-6-11(17)8-12(7-10)19-14-5-9-3-1-2-4-13(9)15(14)18/h1-4,6-8,14-15,18H,5H2. The summed E-state index contributed by atoms with van der Waals surface area (Å²) in [6.07, 6.45) is -0.767. The van der Waals surface area contributed by atoms with Gasteiger partial charge in [-0.3, -0.25) is 0 Å². The molecule has 3 rings (SSSR count). The topological polar surface area (TPSA) is 29.5 Å². The van der Waals surface area contributed by atoms with E-state index in [0.29, 0.717) is 6.42 Å². The summed E-state index contributed by atoms with van der Waals surface area (Å²) in [6, 6.07) is 10.5. The Morgan fingerprint density at radius 3 is 2.42 bits per heavy atom. The average Bonchev–Trinajstić information content (AvgIpc) is 2.66. The van der Waals surface area contributed by atoms with E-state index in [-0.39, 0.29) is 5.75 Å². The van der Waals surface area contributed by atoms with Crippen LogP contribution in [-0.4, -0.2) is 11.2 Å². The molecule has 0 saturated carbocycles. The summed E-state index contributed by atoms with van der Waals surface area (Å²) in [6.45, 7) is 0. The number of aliphatic hydroxyl groups excluding tert-OH is 1. The van der Waals surface area contributed by atoms with Gasteiger partial charge in [-0.2, -0.15) is 0 Å². The fourth-order valence-electron chi connectivity index (χ4n) is 2.41. The highest BCUT2D eigenvalue weighted by Gasteiger charge is 2.32. The van der Waals surface area contributed by atoms with Gasteiger partial charge in [0, 0.05) is 24.6 Å². The van der Waals surface area contributed by atoms with Crippen LogP contribution in [0.4, 0.5) is 8.78 Å². The Balaban J connectivity index is 1.82. The summed E-state index contributed by atoms with van der Waals surface area (Å²) in [4.78, 5) is 0. The van der Waals surface area contributed by atoms with Crippen molar-refractivity contribution < 1.29 is 18.6 Å². The molecule has 0 aromatic heterocycles. The zero-order valence-corrected chi connectivity index (χ0v) is 10.0. The normalized spacial score (nSPS) is 21.2. The van der Waals surface area contributed by atoms with E-state index in [2.05, 4.69) is 0 Å². The number of benzene rings is 2. The van der Waals surface area contributed by atoms with Crippen molar-refractivity contribution in [2.75, 3.05) is 0 Å². The van der Waals surface area contributed by atoms with Gasteiger partial charge in [-0.1, -0.05) is 24.3 Å². The third kappa shape index (κ3) is 2.31. The summed E-state index contributed by atoms with van der Waals surface area (Å²) < 4.78 is 31.7. The molecule has 0 spiro atoms. The highest BCUT2D eigenvalue weighted by molar-refractivity contribution is 5.36. The van der Waals surface area contributed by atoms with E-state index >= 15 is 0 Å². The maximum absolute atomic E-state index is 13.1. The van der Waals surface area contributed by atoms with E-state index < -0.39 is 23.8 Å². The minimum Gasteiger partial charge on any atom is -0.487 e. The van der Waals surface area contributed by atoms with Crippen LogP contribution in [0.5, 0.6) is 5.75 Å². The van der Waals surface area contributed by atoms with Gasteiger partial charge in [-0.15, -0.1) is 0 Å². The number of halogens is 2. The lowest BCUT2D eigenvalue weighted by Gasteiger charge is -2.17. The summed E-state index contributed by atoms with van der Waals surface area (Å²) in [7, 11) is 0. The van der Waals surface area contributed by atoms with Crippen LogP contribution in [0.2, 0.25) is 0 Å². The van der Waals surface area contributed by atoms with Gasteiger partial charge in [-0.05, 0) is 11.1 Å². The maximum Gasteiger partial charge on any atom is 0.133 e.